The number of ether oxygens (including phenoxy) is 1. The first-order valence-corrected chi connectivity index (χ1v) is 10.8. The van der Waals surface area contributed by atoms with E-state index >= 15 is 0 Å². The minimum Gasteiger partial charge on any atom is -0.469 e. The number of nitrogens with zero attached hydrogens (tertiary/aromatic N) is 3. The summed E-state index contributed by atoms with van der Waals surface area (Å²) in [7, 11) is 1.42. The van der Waals surface area contributed by atoms with Gasteiger partial charge in [0.15, 0.2) is 0 Å². The highest BCUT2D eigenvalue weighted by molar-refractivity contribution is 7.16. The molecule has 4 aromatic rings. The van der Waals surface area contributed by atoms with Crippen LogP contribution in [-0.4, -0.2) is 33.0 Å². The second-order valence-corrected chi connectivity index (χ2v) is 8.26. The lowest BCUT2D eigenvalue weighted by atomic mass is 10.1. The first kappa shape index (κ1) is 18.8. The summed E-state index contributed by atoms with van der Waals surface area (Å²) < 4.78 is 5.85. The number of aromatic nitrogens is 4. The predicted octanol–water partition coefficient (Wildman–Crippen LogP) is 5.00. The minimum atomic E-state index is -0.169. The third kappa shape index (κ3) is 3.98. The third-order valence-corrected chi connectivity index (χ3v) is 6.23. The van der Waals surface area contributed by atoms with Crippen LogP contribution in [-0.2, 0) is 16.0 Å². The van der Waals surface area contributed by atoms with Crippen LogP contribution >= 0.6 is 22.7 Å². The maximum atomic E-state index is 11.3. The van der Waals surface area contributed by atoms with Gasteiger partial charge >= 0.3 is 5.97 Å². The summed E-state index contributed by atoms with van der Waals surface area (Å²) in [6.45, 7) is 1.99. The Morgan fingerprint density at radius 1 is 1.21 bits per heavy atom. The van der Waals surface area contributed by atoms with E-state index in [1.807, 2.05) is 23.9 Å². The number of fused-ring (bicyclic) bond motifs is 1. The molecule has 0 saturated carbocycles. The van der Waals surface area contributed by atoms with Gasteiger partial charge in [-0.2, -0.15) is 0 Å². The molecule has 8 heteroatoms. The highest BCUT2D eigenvalue weighted by Crippen LogP contribution is 2.34. The third-order valence-electron chi connectivity index (χ3n) is 4.47. The summed E-state index contributed by atoms with van der Waals surface area (Å²) in [6, 6.07) is 6.25. The highest BCUT2D eigenvalue weighted by Gasteiger charge is 2.17. The van der Waals surface area contributed by atoms with Gasteiger partial charge < -0.3 is 9.72 Å². The molecule has 0 saturated heterocycles. The number of hydrogen-bond acceptors (Lipinski definition) is 7. The minimum absolute atomic E-state index is 0.169. The zero-order chi connectivity index (χ0) is 19.5. The molecule has 0 spiro atoms. The molecule has 0 bridgehead atoms. The molecular formula is C20H20N4O2S2. The zero-order valence-corrected chi connectivity index (χ0v) is 17.3. The van der Waals surface area contributed by atoms with Crippen molar-refractivity contribution in [3.63, 3.8) is 0 Å². The van der Waals surface area contributed by atoms with Crippen LogP contribution in [0.3, 0.4) is 0 Å². The van der Waals surface area contributed by atoms with Crippen LogP contribution in [0.25, 0.3) is 32.2 Å². The molecule has 1 aromatic carbocycles. The van der Waals surface area contributed by atoms with Crippen LogP contribution < -0.4 is 0 Å². The lowest BCUT2D eigenvalue weighted by Gasteiger charge is -2.01. The number of benzene rings is 1. The van der Waals surface area contributed by atoms with Gasteiger partial charge in [0.2, 0.25) is 0 Å². The van der Waals surface area contributed by atoms with Crippen LogP contribution in [0.2, 0.25) is 0 Å². The van der Waals surface area contributed by atoms with E-state index in [1.165, 1.54) is 7.11 Å². The molecule has 0 aliphatic heterocycles. The number of nitrogens with one attached hydrogen (secondary N) is 1. The van der Waals surface area contributed by atoms with Gasteiger partial charge in [0.05, 0.1) is 28.5 Å². The van der Waals surface area contributed by atoms with Gasteiger partial charge in [0, 0.05) is 29.5 Å². The number of aromatic amines is 1. The molecule has 28 heavy (non-hydrogen) atoms. The van der Waals surface area contributed by atoms with Crippen molar-refractivity contribution in [2.45, 2.75) is 32.6 Å². The number of thiazole rings is 2. The molecule has 4 rings (SSSR count). The lowest BCUT2D eigenvalue weighted by Crippen LogP contribution is -2.00. The number of imidazole rings is 1. The van der Waals surface area contributed by atoms with Crippen LogP contribution in [0.4, 0.5) is 0 Å². The topological polar surface area (TPSA) is 80.8 Å². The molecule has 0 unspecified atom stereocenters. The molecular weight excluding hydrogens is 392 g/mol. The molecule has 0 aliphatic carbocycles. The molecule has 3 aromatic heterocycles. The van der Waals surface area contributed by atoms with E-state index in [1.54, 1.807) is 22.7 Å². The Labute approximate surface area is 170 Å². The van der Waals surface area contributed by atoms with Gasteiger partial charge in [0.25, 0.3) is 0 Å². The SMILES string of the molecule is COC(=O)CCCCc1nc(-c2nc(C)cs2)c(-c2ccc3ncsc3c2)[nH]1. The van der Waals surface area contributed by atoms with Crippen molar-refractivity contribution in [1.29, 1.82) is 0 Å². The molecule has 0 aliphatic rings. The second-order valence-electron chi connectivity index (χ2n) is 6.52. The summed E-state index contributed by atoms with van der Waals surface area (Å²) in [6.07, 6.45) is 2.86. The Kier molecular flexibility index (Phi) is 5.50. The van der Waals surface area contributed by atoms with Gasteiger partial charge in [0.1, 0.15) is 16.5 Å². The van der Waals surface area contributed by atoms with Crippen molar-refractivity contribution in [2.24, 2.45) is 0 Å². The Morgan fingerprint density at radius 2 is 2.11 bits per heavy atom. The average molecular weight is 413 g/mol. The smallest absolute Gasteiger partial charge is 0.305 e. The Bertz CT molecular complexity index is 1110. The summed E-state index contributed by atoms with van der Waals surface area (Å²) >= 11 is 3.23. The number of rotatable bonds is 7. The summed E-state index contributed by atoms with van der Waals surface area (Å²) in [5.41, 5.74) is 6.79. The second kappa shape index (κ2) is 8.20. The predicted molar refractivity (Wildman–Crippen MR) is 113 cm³/mol. The van der Waals surface area contributed by atoms with Crippen molar-refractivity contribution in [2.75, 3.05) is 7.11 Å². The van der Waals surface area contributed by atoms with Crippen molar-refractivity contribution >= 4 is 38.9 Å². The molecule has 6 nitrogen and oxygen atoms in total. The lowest BCUT2D eigenvalue weighted by molar-refractivity contribution is -0.140. The fourth-order valence-corrected chi connectivity index (χ4v) is 4.55. The maximum Gasteiger partial charge on any atom is 0.305 e. The van der Waals surface area contributed by atoms with E-state index < -0.39 is 0 Å². The molecule has 0 fully saturated rings. The Hall–Kier alpha value is -2.58. The van der Waals surface area contributed by atoms with Crippen LogP contribution in [0.5, 0.6) is 0 Å². The van der Waals surface area contributed by atoms with Gasteiger partial charge in [-0.05, 0) is 31.9 Å². The normalized spacial score (nSPS) is 11.2. The van der Waals surface area contributed by atoms with E-state index in [0.29, 0.717) is 6.42 Å². The molecule has 144 valence electrons. The number of carbonyl (C=O) groups excluding carboxylic acids is 1. The van der Waals surface area contributed by atoms with E-state index in [0.717, 1.165) is 63.0 Å². The maximum absolute atomic E-state index is 11.3. The van der Waals surface area contributed by atoms with Crippen LogP contribution in [0, 0.1) is 6.92 Å². The number of unbranched alkanes of at least 4 members (excludes halogenated alkanes) is 1. The zero-order valence-electron chi connectivity index (χ0n) is 15.7. The summed E-state index contributed by atoms with van der Waals surface area (Å²) in [4.78, 5) is 28.6. The van der Waals surface area contributed by atoms with Gasteiger partial charge in [-0.25, -0.2) is 15.0 Å². The van der Waals surface area contributed by atoms with E-state index in [9.17, 15) is 4.79 Å². The highest BCUT2D eigenvalue weighted by atomic mass is 32.1. The van der Waals surface area contributed by atoms with Crippen LogP contribution in [0.1, 0.15) is 30.8 Å². The standard InChI is InChI=1S/C20H20N4O2S2/c1-12-10-27-20(22-12)19-18(13-7-8-14-15(9-13)28-11-21-14)23-16(24-19)5-3-4-6-17(25)26-2/h7-11H,3-6H2,1-2H3,(H,23,24). The van der Waals surface area contributed by atoms with Crippen molar-refractivity contribution in [1.82, 2.24) is 19.9 Å². The Balaban J connectivity index is 1.63. The van der Waals surface area contributed by atoms with Crippen molar-refractivity contribution in [3.05, 3.63) is 40.6 Å². The molecule has 0 amide bonds. The number of hydrogen-bond donors (Lipinski definition) is 1. The number of carbonyl (C=O) groups is 1. The number of esters is 1. The van der Waals surface area contributed by atoms with Crippen molar-refractivity contribution < 1.29 is 9.53 Å². The number of H-pyrrole nitrogens is 1. The van der Waals surface area contributed by atoms with E-state index in [4.69, 9.17) is 9.72 Å². The largest absolute Gasteiger partial charge is 0.469 e. The first-order valence-electron chi connectivity index (χ1n) is 9.06. The monoisotopic (exact) mass is 412 g/mol. The molecule has 1 N–H and O–H groups in total. The molecule has 3 heterocycles. The Morgan fingerprint density at radius 3 is 2.89 bits per heavy atom. The summed E-state index contributed by atoms with van der Waals surface area (Å²) in [5.74, 6) is 0.740. The summed E-state index contributed by atoms with van der Waals surface area (Å²) in [5, 5.41) is 2.95. The van der Waals surface area contributed by atoms with Crippen molar-refractivity contribution in [3.8, 4) is 22.0 Å². The van der Waals surface area contributed by atoms with E-state index in [-0.39, 0.29) is 5.97 Å². The van der Waals surface area contributed by atoms with E-state index in [2.05, 4.69) is 27.1 Å². The van der Waals surface area contributed by atoms with Gasteiger partial charge in [-0.15, -0.1) is 22.7 Å². The van der Waals surface area contributed by atoms with Gasteiger partial charge in [-0.3, -0.25) is 4.79 Å². The molecule has 0 atom stereocenters. The fraction of sp³-hybridized carbons (Fsp3) is 0.300. The number of methoxy groups -OCH3 is 1. The fourth-order valence-electron chi connectivity index (χ4n) is 3.04. The quantitative estimate of drug-likeness (QED) is 0.341. The molecule has 0 radical (unpaired) electrons. The number of aryl methyl sites for hydroxylation is 2. The van der Waals surface area contributed by atoms with Crippen LogP contribution in [0.15, 0.2) is 29.1 Å². The van der Waals surface area contributed by atoms with Gasteiger partial charge in [-0.1, -0.05) is 6.07 Å². The average Bonchev–Trinajstić information content (AvgIpc) is 3.43. The first-order chi connectivity index (χ1) is 13.6.